The number of rotatable bonds is 23. The van der Waals surface area contributed by atoms with E-state index in [0.29, 0.717) is 0 Å². The van der Waals surface area contributed by atoms with Crippen LogP contribution in [0.1, 0.15) is 160 Å². The first-order valence-electron chi connectivity index (χ1n) is 18.1. The Labute approximate surface area is 286 Å². The van der Waals surface area contributed by atoms with Crippen molar-refractivity contribution >= 4 is 22.8 Å². The minimum Gasteiger partial charge on any atom is -0.251 e. The Kier molecular flexibility index (Phi) is 23.2. The first-order valence-corrected chi connectivity index (χ1v) is 18.1. The van der Waals surface area contributed by atoms with E-state index in [9.17, 15) is 0 Å². The number of aliphatic imine (C=N–C) groups is 2. The zero-order valence-corrected chi connectivity index (χ0v) is 30.8. The maximum Gasteiger partial charge on any atom is 0.0845 e. The molecule has 3 heteroatoms. The Bertz CT molecular complexity index is 1080. The maximum atomic E-state index is 5.25. The number of hydrogen-bond acceptors (Lipinski definition) is 2. The van der Waals surface area contributed by atoms with Crippen LogP contribution < -0.4 is 0 Å². The van der Waals surface area contributed by atoms with Crippen LogP contribution in [0.4, 0.5) is 11.4 Å². The quantitative estimate of drug-likeness (QED) is 0.0630. The van der Waals surface area contributed by atoms with Crippen molar-refractivity contribution < 1.29 is 20.4 Å². The molecule has 248 valence electrons. The Morgan fingerprint density at radius 2 is 0.886 bits per heavy atom. The van der Waals surface area contributed by atoms with E-state index in [1.807, 2.05) is 0 Å². The van der Waals surface area contributed by atoms with Crippen LogP contribution in [0.15, 0.2) is 58.5 Å². The molecule has 0 spiro atoms. The van der Waals surface area contributed by atoms with Gasteiger partial charge in [-0.25, -0.2) is 4.99 Å². The van der Waals surface area contributed by atoms with Crippen molar-refractivity contribution in [1.82, 2.24) is 0 Å². The smallest absolute Gasteiger partial charge is 0.0845 e. The Hall–Kier alpha value is -1.82. The molecule has 0 heterocycles. The number of unbranched alkanes of at least 4 members (excludes halogenated alkanes) is 10. The van der Waals surface area contributed by atoms with Gasteiger partial charge in [0.25, 0.3) is 0 Å². The molecule has 0 saturated carbocycles. The van der Waals surface area contributed by atoms with E-state index < -0.39 is 0 Å². The fourth-order valence-corrected chi connectivity index (χ4v) is 5.92. The monoisotopic (exact) mass is 690 g/mol. The van der Waals surface area contributed by atoms with Crippen molar-refractivity contribution in [2.45, 2.75) is 164 Å². The second kappa shape index (κ2) is 25.4. The summed E-state index contributed by atoms with van der Waals surface area (Å²) in [5.74, 6) is 0. The molecular weight excluding hydrogens is 627 g/mol. The standard InChI is InChI=1S/C41H64N2.Pd/c1-7-12-13-14-15-16-17-18-19-20-21-22-27-41(43-40-32-37(25-10-4)29-38(33-40)26-11-5)34(6)42-39-30-35(23-8-2)28-36(31-39)24-9-3;/h22,27-33H,7-21,23-26H2,1-6H3;/b27-22+,42-34?,43-41?;. The van der Waals surface area contributed by atoms with Gasteiger partial charge in [-0.05, 0) is 98.0 Å². The van der Waals surface area contributed by atoms with Gasteiger partial charge in [-0.2, -0.15) is 0 Å². The van der Waals surface area contributed by atoms with Gasteiger partial charge in [0.1, 0.15) is 0 Å². The molecule has 0 atom stereocenters. The van der Waals surface area contributed by atoms with Gasteiger partial charge < -0.3 is 0 Å². The van der Waals surface area contributed by atoms with E-state index in [4.69, 9.17) is 9.98 Å². The number of aryl methyl sites for hydroxylation is 4. The average molecular weight is 691 g/mol. The first kappa shape index (κ1) is 40.2. The van der Waals surface area contributed by atoms with Crippen LogP contribution in [0.25, 0.3) is 0 Å². The molecule has 2 rings (SSSR count). The molecule has 0 aromatic heterocycles. The molecule has 2 nitrogen and oxygen atoms in total. The molecule has 44 heavy (non-hydrogen) atoms. The van der Waals surface area contributed by atoms with Gasteiger partial charge in [0.15, 0.2) is 0 Å². The van der Waals surface area contributed by atoms with Crippen LogP contribution in [0.2, 0.25) is 0 Å². The summed E-state index contributed by atoms with van der Waals surface area (Å²) in [5, 5.41) is 0. The summed E-state index contributed by atoms with van der Waals surface area (Å²) >= 11 is 0. The van der Waals surface area contributed by atoms with Crippen molar-refractivity contribution in [3.8, 4) is 0 Å². The fraction of sp³-hybridized carbons (Fsp3) is 0.610. The van der Waals surface area contributed by atoms with Crippen molar-refractivity contribution in [1.29, 1.82) is 0 Å². The third-order valence-electron chi connectivity index (χ3n) is 8.15. The van der Waals surface area contributed by atoms with E-state index in [1.165, 1.54) is 86.5 Å². The Balaban J connectivity index is 0.00000968. The van der Waals surface area contributed by atoms with E-state index in [1.54, 1.807) is 0 Å². The molecule has 0 saturated heterocycles. The van der Waals surface area contributed by atoms with Gasteiger partial charge in [0.2, 0.25) is 0 Å². The molecule has 0 N–H and O–H groups in total. The number of hydrogen-bond donors (Lipinski definition) is 0. The third-order valence-corrected chi connectivity index (χ3v) is 8.15. The van der Waals surface area contributed by atoms with Gasteiger partial charge in [-0.15, -0.1) is 0 Å². The normalized spacial score (nSPS) is 12.2. The predicted octanol–water partition coefficient (Wildman–Crippen LogP) is 13.2. The summed E-state index contributed by atoms with van der Waals surface area (Å²) in [4.78, 5) is 10.4. The summed E-state index contributed by atoms with van der Waals surface area (Å²) in [7, 11) is 0. The molecular formula is C41H64N2Pd. The number of benzene rings is 2. The number of allylic oxidation sites excluding steroid dienone is 2. The molecule has 0 fully saturated rings. The minimum absolute atomic E-state index is 0. The molecule has 0 amide bonds. The second-order valence-electron chi connectivity index (χ2n) is 12.6. The van der Waals surface area contributed by atoms with Gasteiger partial charge in [0.05, 0.1) is 22.8 Å². The molecule has 0 radical (unpaired) electrons. The zero-order valence-electron chi connectivity index (χ0n) is 29.3. The van der Waals surface area contributed by atoms with Gasteiger partial charge in [-0.3, -0.25) is 4.99 Å². The summed E-state index contributed by atoms with van der Waals surface area (Å²) in [6.45, 7) is 13.5. The van der Waals surface area contributed by atoms with E-state index >= 15 is 0 Å². The largest absolute Gasteiger partial charge is 0.251 e. The minimum atomic E-state index is 0. The molecule has 0 aliphatic rings. The Morgan fingerprint density at radius 1 is 0.500 bits per heavy atom. The average Bonchev–Trinajstić information content (AvgIpc) is 2.97. The molecule has 0 aliphatic carbocycles. The van der Waals surface area contributed by atoms with Crippen LogP contribution in [-0.2, 0) is 46.1 Å². The van der Waals surface area contributed by atoms with Crippen molar-refractivity contribution in [3.05, 3.63) is 70.8 Å². The molecule has 0 bridgehead atoms. The van der Waals surface area contributed by atoms with Gasteiger partial charge in [0, 0.05) is 20.4 Å². The van der Waals surface area contributed by atoms with Crippen LogP contribution in [0.3, 0.4) is 0 Å². The summed E-state index contributed by atoms with van der Waals surface area (Å²) in [5.41, 5.74) is 9.69. The summed E-state index contributed by atoms with van der Waals surface area (Å²) in [6.07, 6.45) is 28.4. The second-order valence-corrected chi connectivity index (χ2v) is 12.6. The first-order chi connectivity index (χ1) is 21.0. The van der Waals surface area contributed by atoms with Crippen molar-refractivity contribution in [3.63, 3.8) is 0 Å². The van der Waals surface area contributed by atoms with Gasteiger partial charge >= 0.3 is 0 Å². The van der Waals surface area contributed by atoms with Crippen LogP contribution in [0, 0.1) is 0 Å². The summed E-state index contributed by atoms with van der Waals surface area (Å²) < 4.78 is 0. The van der Waals surface area contributed by atoms with Gasteiger partial charge in [-0.1, -0.05) is 136 Å². The molecule has 2 aromatic rings. The SMILES string of the molecule is CCCCCCCCCCCC/C=C/C(=Nc1cc(CCC)cc(CCC)c1)C(C)=Nc1cc(CCC)cc(CCC)c1.[Pd]. The zero-order chi connectivity index (χ0) is 31.1. The summed E-state index contributed by atoms with van der Waals surface area (Å²) in [6, 6.07) is 13.9. The van der Waals surface area contributed by atoms with E-state index in [0.717, 1.165) is 80.6 Å². The Morgan fingerprint density at radius 3 is 1.30 bits per heavy atom. The van der Waals surface area contributed by atoms with Crippen LogP contribution in [-0.4, -0.2) is 11.4 Å². The van der Waals surface area contributed by atoms with E-state index in [-0.39, 0.29) is 20.4 Å². The fourth-order valence-electron chi connectivity index (χ4n) is 5.92. The molecule has 2 aromatic carbocycles. The van der Waals surface area contributed by atoms with Crippen molar-refractivity contribution in [2.24, 2.45) is 9.98 Å². The molecule has 0 aliphatic heterocycles. The maximum absolute atomic E-state index is 5.25. The third kappa shape index (κ3) is 17.0. The number of nitrogens with zero attached hydrogens (tertiary/aromatic N) is 2. The van der Waals surface area contributed by atoms with E-state index in [2.05, 4.69) is 90.1 Å². The predicted molar refractivity (Wildman–Crippen MR) is 194 cm³/mol. The topological polar surface area (TPSA) is 24.7 Å². The van der Waals surface area contributed by atoms with Crippen LogP contribution in [0.5, 0.6) is 0 Å². The van der Waals surface area contributed by atoms with Crippen molar-refractivity contribution in [2.75, 3.05) is 0 Å². The van der Waals surface area contributed by atoms with Crippen LogP contribution >= 0.6 is 0 Å². The molecule has 0 unspecified atom stereocenters.